The van der Waals surface area contributed by atoms with Gasteiger partial charge in [0, 0.05) is 34.4 Å². The molecule has 1 rings (SSSR count). The molecule has 1 heterocycles. The van der Waals surface area contributed by atoms with Gasteiger partial charge in [0.25, 0.3) is 0 Å². The molecule has 1 aliphatic rings. The van der Waals surface area contributed by atoms with Gasteiger partial charge in [-0.25, -0.2) is 0 Å². The first kappa shape index (κ1) is 10.9. The minimum Gasteiger partial charge on any atom is -0.376 e. The Bertz CT molecular complexity index is 240. The molecule has 2 N–H and O–H groups in total. The van der Waals surface area contributed by atoms with Gasteiger partial charge in [-0.15, -0.1) is 0 Å². The van der Waals surface area contributed by atoms with Crippen LogP contribution in [0.25, 0.3) is 0 Å². The van der Waals surface area contributed by atoms with Crippen LogP contribution in [-0.4, -0.2) is 37.8 Å². The van der Waals surface area contributed by atoms with Gasteiger partial charge in [0.05, 0.1) is 0 Å². The maximum Gasteiger partial charge on any atom is 0.166 e. The molecule has 1 unspecified atom stereocenters. The van der Waals surface area contributed by atoms with Crippen molar-refractivity contribution in [1.82, 2.24) is 4.90 Å². The summed E-state index contributed by atoms with van der Waals surface area (Å²) in [4.78, 5) is 1.93. The maximum absolute atomic E-state index is 11.7. The predicted molar refractivity (Wildman–Crippen MR) is 60.1 cm³/mol. The number of thiocarbonyl (C=S) groups is 1. The van der Waals surface area contributed by atoms with Crippen molar-refractivity contribution in [1.29, 1.82) is 0 Å². The van der Waals surface area contributed by atoms with Gasteiger partial charge < -0.3 is 10.6 Å². The lowest BCUT2D eigenvalue weighted by Gasteiger charge is -2.22. The zero-order valence-electron chi connectivity index (χ0n) is 8.08. The van der Waals surface area contributed by atoms with Crippen molar-refractivity contribution >= 4 is 28.1 Å². The van der Waals surface area contributed by atoms with E-state index in [-0.39, 0.29) is 4.75 Å². The van der Waals surface area contributed by atoms with Crippen LogP contribution < -0.4 is 5.73 Å². The number of rotatable bonds is 0. The summed E-state index contributed by atoms with van der Waals surface area (Å²) in [5.74, 6) is 0.671. The van der Waals surface area contributed by atoms with E-state index in [0.29, 0.717) is 10.9 Å². The van der Waals surface area contributed by atoms with Crippen molar-refractivity contribution in [3.63, 3.8) is 0 Å². The van der Waals surface area contributed by atoms with E-state index < -0.39 is 10.8 Å². The molecule has 1 aliphatic heterocycles. The molecule has 1 atom stereocenters. The first-order valence-electron chi connectivity index (χ1n) is 4.36. The molecule has 0 aromatic carbocycles. The second-order valence-corrected chi connectivity index (χ2v) is 6.51. The van der Waals surface area contributed by atoms with Crippen molar-refractivity contribution in [2.24, 2.45) is 5.73 Å². The molecule has 76 valence electrons. The Morgan fingerprint density at radius 1 is 1.54 bits per heavy atom. The van der Waals surface area contributed by atoms with E-state index in [4.69, 9.17) is 18.0 Å². The van der Waals surface area contributed by atoms with Crippen molar-refractivity contribution in [2.45, 2.75) is 25.0 Å². The number of nitrogens with zero attached hydrogens (tertiary/aromatic N) is 1. The normalized spacial score (nSPS) is 28.2. The molecule has 0 aromatic rings. The van der Waals surface area contributed by atoms with Gasteiger partial charge in [0.2, 0.25) is 0 Å². The number of hydrogen-bond donors (Lipinski definition) is 1. The van der Waals surface area contributed by atoms with Crippen LogP contribution in [0.3, 0.4) is 0 Å². The van der Waals surface area contributed by atoms with Crippen LogP contribution in [0.2, 0.25) is 0 Å². The van der Waals surface area contributed by atoms with Gasteiger partial charge in [-0.2, -0.15) is 0 Å². The van der Waals surface area contributed by atoms with E-state index in [1.807, 2.05) is 18.7 Å². The largest absolute Gasteiger partial charge is 0.376 e. The smallest absolute Gasteiger partial charge is 0.166 e. The minimum absolute atomic E-state index is 0.0977. The van der Waals surface area contributed by atoms with E-state index in [9.17, 15) is 4.21 Å². The molecule has 0 amide bonds. The van der Waals surface area contributed by atoms with Gasteiger partial charge in [-0.05, 0) is 32.5 Å². The van der Waals surface area contributed by atoms with Crippen molar-refractivity contribution in [3.8, 4) is 0 Å². The molecule has 1 fully saturated rings. The standard InChI is InChI=1S/C8H16N2OS2/c1-8(2)3-4-10(7(9)12)5-6-13(8)11/h3-6H2,1-2H3,(H2,9,12). The van der Waals surface area contributed by atoms with Gasteiger partial charge >= 0.3 is 0 Å². The maximum atomic E-state index is 11.7. The van der Waals surface area contributed by atoms with Gasteiger partial charge in [-0.1, -0.05) is 0 Å². The Balaban J connectivity index is 2.68. The molecule has 0 aromatic heterocycles. The summed E-state index contributed by atoms with van der Waals surface area (Å²) in [6, 6.07) is 0. The van der Waals surface area contributed by atoms with Crippen LogP contribution in [0.5, 0.6) is 0 Å². The topological polar surface area (TPSA) is 46.3 Å². The number of hydrogen-bond acceptors (Lipinski definition) is 2. The van der Waals surface area contributed by atoms with Crippen molar-refractivity contribution in [2.75, 3.05) is 18.8 Å². The van der Waals surface area contributed by atoms with E-state index >= 15 is 0 Å². The first-order valence-corrected chi connectivity index (χ1v) is 6.09. The lowest BCUT2D eigenvalue weighted by Crippen LogP contribution is -2.37. The van der Waals surface area contributed by atoms with E-state index in [2.05, 4.69) is 0 Å². The number of nitrogens with two attached hydrogens (primary N) is 1. The Hall–Kier alpha value is -0.160. The van der Waals surface area contributed by atoms with E-state index in [1.165, 1.54) is 0 Å². The molecule has 0 spiro atoms. The van der Waals surface area contributed by atoms with Gasteiger partial charge in [0.1, 0.15) is 0 Å². The summed E-state index contributed by atoms with van der Waals surface area (Å²) in [7, 11) is -0.762. The average Bonchev–Trinajstić information content (AvgIpc) is 2.13. The molecule has 3 nitrogen and oxygen atoms in total. The third kappa shape index (κ3) is 2.64. The highest BCUT2D eigenvalue weighted by atomic mass is 32.2. The van der Waals surface area contributed by atoms with Crippen molar-refractivity contribution < 1.29 is 4.21 Å². The highest BCUT2D eigenvalue weighted by molar-refractivity contribution is 7.86. The summed E-state index contributed by atoms with van der Waals surface area (Å²) in [6.45, 7) is 5.62. The third-order valence-electron chi connectivity index (χ3n) is 2.46. The van der Waals surface area contributed by atoms with Crippen LogP contribution in [0.1, 0.15) is 20.3 Å². The van der Waals surface area contributed by atoms with Crippen LogP contribution >= 0.6 is 12.2 Å². The summed E-state index contributed by atoms with van der Waals surface area (Å²) in [6.07, 6.45) is 0.886. The quantitative estimate of drug-likeness (QED) is 0.603. The van der Waals surface area contributed by atoms with Crippen LogP contribution in [0, 0.1) is 0 Å². The molecular weight excluding hydrogens is 204 g/mol. The average molecular weight is 220 g/mol. The molecule has 13 heavy (non-hydrogen) atoms. The highest BCUT2D eigenvalue weighted by Gasteiger charge is 2.29. The van der Waals surface area contributed by atoms with Crippen LogP contribution in [0.15, 0.2) is 0 Å². The Kier molecular flexibility index (Phi) is 3.29. The Morgan fingerprint density at radius 2 is 2.15 bits per heavy atom. The summed E-state index contributed by atoms with van der Waals surface area (Å²) < 4.78 is 11.6. The second-order valence-electron chi connectivity index (χ2n) is 3.88. The first-order chi connectivity index (χ1) is 5.93. The minimum atomic E-state index is -0.762. The van der Waals surface area contributed by atoms with Crippen molar-refractivity contribution in [3.05, 3.63) is 0 Å². The zero-order valence-corrected chi connectivity index (χ0v) is 9.71. The molecule has 0 bridgehead atoms. The molecular formula is C8H16N2OS2. The summed E-state index contributed by atoms with van der Waals surface area (Å²) in [5.41, 5.74) is 5.53. The van der Waals surface area contributed by atoms with Gasteiger partial charge in [0.15, 0.2) is 5.11 Å². The summed E-state index contributed by atoms with van der Waals surface area (Å²) >= 11 is 4.89. The Morgan fingerprint density at radius 3 is 2.69 bits per heavy atom. The van der Waals surface area contributed by atoms with Crippen LogP contribution in [-0.2, 0) is 10.8 Å². The fourth-order valence-electron chi connectivity index (χ4n) is 1.32. The molecule has 0 aliphatic carbocycles. The van der Waals surface area contributed by atoms with Gasteiger partial charge in [-0.3, -0.25) is 4.21 Å². The SMILES string of the molecule is CC1(C)CCN(C(N)=S)CCS1=O. The third-order valence-corrected chi connectivity index (χ3v) is 4.71. The van der Waals surface area contributed by atoms with Crippen LogP contribution in [0.4, 0.5) is 0 Å². The predicted octanol–water partition coefficient (Wildman–Crippen LogP) is 0.463. The molecule has 1 saturated heterocycles. The molecule has 0 saturated carbocycles. The lowest BCUT2D eigenvalue weighted by molar-refractivity contribution is 0.425. The lowest BCUT2D eigenvalue weighted by atomic mass is 10.1. The highest BCUT2D eigenvalue weighted by Crippen LogP contribution is 2.21. The summed E-state index contributed by atoms with van der Waals surface area (Å²) in [5, 5.41) is 0.426. The fraction of sp³-hybridized carbons (Fsp3) is 0.875. The second kappa shape index (κ2) is 3.92. The Labute approximate surface area is 87.1 Å². The molecule has 5 heteroatoms. The fourth-order valence-corrected chi connectivity index (χ4v) is 2.76. The van der Waals surface area contributed by atoms with E-state index in [0.717, 1.165) is 19.5 Å². The monoisotopic (exact) mass is 220 g/mol. The molecule has 0 radical (unpaired) electrons. The van der Waals surface area contributed by atoms with E-state index in [1.54, 1.807) is 0 Å². The zero-order chi connectivity index (χ0) is 10.1.